The van der Waals surface area contributed by atoms with Gasteiger partial charge in [-0.2, -0.15) is 0 Å². The second kappa shape index (κ2) is 3.19. The van der Waals surface area contributed by atoms with Crippen molar-refractivity contribution in [3.05, 3.63) is 0 Å². The fourth-order valence-electron chi connectivity index (χ4n) is 1.39. The van der Waals surface area contributed by atoms with Gasteiger partial charge in [-0.05, 0) is 0 Å². The first-order valence-corrected chi connectivity index (χ1v) is 4.06. The van der Waals surface area contributed by atoms with Crippen LogP contribution in [0.3, 0.4) is 0 Å². The lowest BCUT2D eigenvalue weighted by molar-refractivity contribution is 0.0943. The molecular weight excluding hydrogens is 142 g/mol. The number of nitrogens with zero attached hydrogens (tertiary/aromatic N) is 1. The Bertz CT molecular complexity index is 163. The van der Waals surface area contributed by atoms with Gasteiger partial charge in [0.2, 0.25) is 0 Å². The third-order valence-electron chi connectivity index (χ3n) is 1.95. The zero-order valence-corrected chi connectivity index (χ0v) is 6.47. The van der Waals surface area contributed by atoms with Gasteiger partial charge in [0.15, 0.2) is 0 Å². The van der Waals surface area contributed by atoms with Gasteiger partial charge in [-0.1, -0.05) is 0 Å². The molecule has 2 heterocycles. The van der Waals surface area contributed by atoms with E-state index < -0.39 is 0 Å². The third-order valence-corrected chi connectivity index (χ3v) is 1.95. The second-order valence-corrected chi connectivity index (χ2v) is 2.78. The van der Waals surface area contributed by atoms with Crippen molar-refractivity contribution in [3.63, 3.8) is 0 Å². The first kappa shape index (κ1) is 7.06. The minimum atomic E-state index is 0.311. The van der Waals surface area contributed by atoms with Crippen molar-refractivity contribution < 1.29 is 4.74 Å². The Morgan fingerprint density at radius 1 is 1.45 bits per heavy atom. The predicted octanol–water partition coefficient (Wildman–Crippen LogP) is -1.02. The Morgan fingerprint density at radius 3 is 3.09 bits per heavy atom. The summed E-state index contributed by atoms with van der Waals surface area (Å²) in [6, 6.07) is 0.311. The number of hydrogen-bond donors (Lipinski definition) is 2. The zero-order chi connectivity index (χ0) is 7.52. The highest BCUT2D eigenvalue weighted by Crippen LogP contribution is 1.97. The summed E-state index contributed by atoms with van der Waals surface area (Å²) < 4.78 is 5.31. The summed E-state index contributed by atoms with van der Waals surface area (Å²) >= 11 is 0. The standard InChI is InChI=1S/C7H13N3O/c1-2-10-7(9-1)6-5-11-4-3-8-6/h6,8H,1-5H2,(H,9,10). The summed E-state index contributed by atoms with van der Waals surface area (Å²) in [4.78, 5) is 4.32. The van der Waals surface area contributed by atoms with Crippen LogP contribution >= 0.6 is 0 Å². The predicted molar refractivity (Wildman–Crippen MR) is 42.9 cm³/mol. The number of aliphatic imine (C=N–C) groups is 1. The van der Waals surface area contributed by atoms with Crippen LogP contribution in [0.1, 0.15) is 0 Å². The van der Waals surface area contributed by atoms with Gasteiger partial charge < -0.3 is 15.4 Å². The normalized spacial score (nSPS) is 31.3. The fourth-order valence-corrected chi connectivity index (χ4v) is 1.39. The number of nitrogens with one attached hydrogen (secondary N) is 2. The van der Waals surface area contributed by atoms with E-state index in [0.29, 0.717) is 6.04 Å². The molecule has 0 radical (unpaired) electrons. The first-order chi connectivity index (χ1) is 5.47. The summed E-state index contributed by atoms with van der Waals surface area (Å²) in [6.45, 7) is 4.40. The van der Waals surface area contributed by atoms with Crippen molar-refractivity contribution in [1.29, 1.82) is 0 Å². The first-order valence-electron chi connectivity index (χ1n) is 4.06. The van der Waals surface area contributed by atoms with E-state index in [-0.39, 0.29) is 0 Å². The molecule has 4 heteroatoms. The molecule has 0 aromatic heterocycles. The van der Waals surface area contributed by atoms with E-state index >= 15 is 0 Å². The van der Waals surface area contributed by atoms with Crippen LogP contribution < -0.4 is 10.6 Å². The van der Waals surface area contributed by atoms with Gasteiger partial charge in [0.25, 0.3) is 0 Å². The maximum Gasteiger partial charge on any atom is 0.116 e. The molecule has 1 atom stereocenters. The number of ether oxygens (including phenoxy) is 1. The molecule has 2 rings (SSSR count). The summed E-state index contributed by atoms with van der Waals surface area (Å²) in [5, 5.41) is 6.58. The maximum atomic E-state index is 5.31. The molecule has 62 valence electrons. The number of morpholine rings is 1. The van der Waals surface area contributed by atoms with Crippen LogP contribution in [0.15, 0.2) is 4.99 Å². The largest absolute Gasteiger partial charge is 0.378 e. The maximum absolute atomic E-state index is 5.31. The van der Waals surface area contributed by atoms with E-state index in [2.05, 4.69) is 15.6 Å². The van der Waals surface area contributed by atoms with Crippen LogP contribution in [0.5, 0.6) is 0 Å². The fraction of sp³-hybridized carbons (Fsp3) is 0.857. The van der Waals surface area contributed by atoms with Crippen molar-refractivity contribution in [2.45, 2.75) is 6.04 Å². The molecule has 0 spiro atoms. The summed E-state index contributed by atoms with van der Waals surface area (Å²) in [6.07, 6.45) is 0. The number of hydrogen-bond acceptors (Lipinski definition) is 4. The van der Waals surface area contributed by atoms with E-state index in [4.69, 9.17) is 4.74 Å². The molecule has 0 aromatic rings. The Kier molecular flexibility index (Phi) is 2.05. The molecule has 2 aliphatic rings. The lowest BCUT2D eigenvalue weighted by atomic mass is 10.2. The van der Waals surface area contributed by atoms with E-state index in [9.17, 15) is 0 Å². The van der Waals surface area contributed by atoms with E-state index in [1.807, 2.05) is 0 Å². The van der Waals surface area contributed by atoms with Crippen LogP contribution in [0.25, 0.3) is 0 Å². The van der Waals surface area contributed by atoms with Crippen LogP contribution in [-0.2, 0) is 4.74 Å². The van der Waals surface area contributed by atoms with Crippen LogP contribution in [0, 0.1) is 0 Å². The van der Waals surface area contributed by atoms with Crippen molar-refractivity contribution in [1.82, 2.24) is 10.6 Å². The molecule has 0 amide bonds. The lowest BCUT2D eigenvalue weighted by Gasteiger charge is -2.23. The average molecular weight is 155 g/mol. The number of rotatable bonds is 1. The van der Waals surface area contributed by atoms with Crippen molar-refractivity contribution >= 4 is 5.84 Å². The van der Waals surface area contributed by atoms with Crippen LogP contribution in [0.2, 0.25) is 0 Å². The Labute approximate surface area is 66.0 Å². The minimum Gasteiger partial charge on any atom is -0.378 e. The van der Waals surface area contributed by atoms with Crippen molar-refractivity contribution in [2.24, 2.45) is 4.99 Å². The van der Waals surface area contributed by atoms with Gasteiger partial charge in [-0.15, -0.1) is 0 Å². The van der Waals surface area contributed by atoms with Crippen molar-refractivity contribution in [2.75, 3.05) is 32.8 Å². The van der Waals surface area contributed by atoms with Gasteiger partial charge >= 0.3 is 0 Å². The molecule has 0 saturated carbocycles. The summed E-state index contributed by atoms with van der Waals surface area (Å²) in [5.74, 6) is 1.07. The van der Waals surface area contributed by atoms with E-state index in [1.165, 1.54) is 0 Å². The Hall–Kier alpha value is -0.610. The van der Waals surface area contributed by atoms with Crippen LogP contribution in [-0.4, -0.2) is 44.7 Å². The molecule has 1 unspecified atom stereocenters. The van der Waals surface area contributed by atoms with Gasteiger partial charge in [-0.25, -0.2) is 0 Å². The lowest BCUT2D eigenvalue weighted by Crippen LogP contribution is -2.49. The van der Waals surface area contributed by atoms with Gasteiger partial charge in [0.1, 0.15) is 5.84 Å². The van der Waals surface area contributed by atoms with E-state index in [1.54, 1.807) is 0 Å². The molecule has 0 aromatic carbocycles. The monoisotopic (exact) mass is 155 g/mol. The second-order valence-electron chi connectivity index (χ2n) is 2.78. The Balaban J connectivity index is 1.92. The molecule has 1 fully saturated rings. The number of amidine groups is 1. The topological polar surface area (TPSA) is 45.6 Å². The Morgan fingerprint density at radius 2 is 2.45 bits per heavy atom. The molecule has 0 aliphatic carbocycles. The molecule has 11 heavy (non-hydrogen) atoms. The highest BCUT2D eigenvalue weighted by Gasteiger charge is 2.20. The quantitative estimate of drug-likeness (QED) is 0.509. The zero-order valence-electron chi connectivity index (χ0n) is 6.47. The molecule has 2 N–H and O–H groups in total. The van der Waals surface area contributed by atoms with Gasteiger partial charge in [0.05, 0.1) is 25.8 Å². The smallest absolute Gasteiger partial charge is 0.116 e. The SMILES string of the molecule is C1CNC(C2COCCN2)=N1. The van der Waals surface area contributed by atoms with Gasteiger partial charge in [-0.3, -0.25) is 4.99 Å². The molecule has 2 aliphatic heterocycles. The summed E-state index contributed by atoms with van der Waals surface area (Å²) in [7, 11) is 0. The molecule has 4 nitrogen and oxygen atoms in total. The summed E-state index contributed by atoms with van der Waals surface area (Å²) in [5.41, 5.74) is 0. The third kappa shape index (κ3) is 1.52. The molecular formula is C7H13N3O. The molecule has 0 bridgehead atoms. The molecule has 1 saturated heterocycles. The van der Waals surface area contributed by atoms with Crippen LogP contribution in [0.4, 0.5) is 0 Å². The highest BCUT2D eigenvalue weighted by molar-refractivity contribution is 5.88. The minimum absolute atomic E-state index is 0.311. The van der Waals surface area contributed by atoms with Gasteiger partial charge in [0, 0.05) is 13.1 Å². The average Bonchev–Trinajstić information content (AvgIpc) is 2.58. The highest BCUT2D eigenvalue weighted by atomic mass is 16.5. The van der Waals surface area contributed by atoms with Crippen molar-refractivity contribution in [3.8, 4) is 0 Å². The van der Waals surface area contributed by atoms with E-state index in [0.717, 1.165) is 38.7 Å².